The fourth-order valence-corrected chi connectivity index (χ4v) is 3.67. The minimum absolute atomic E-state index is 0.102. The molecular weight excluding hydrogens is 489 g/mol. The van der Waals surface area contributed by atoms with E-state index in [1.165, 1.54) is 18.2 Å². The Labute approximate surface area is 142 Å². The average Bonchev–Trinajstić information content (AvgIpc) is 2.39. The molecule has 0 radical (unpaired) electrons. The molecule has 3 nitrogen and oxygen atoms in total. The molecule has 2 rings (SSSR count). The molecule has 6 heteroatoms. The minimum atomic E-state index is -0.985. The van der Waals surface area contributed by atoms with Crippen molar-refractivity contribution < 1.29 is 19.0 Å². The zero-order chi connectivity index (χ0) is 14.7. The van der Waals surface area contributed by atoms with Gasteiger partial charge in [0.1, 0.15) is 18.2 Å². The lowest BCUT2D eigenvalue weighted by Crippen LogP contribution is -2.04. The number of benzene rings is 2. The molecule has 2 aromatic rings. The number of hydrogen-bond acceptors (Lipinski definition) is 2. The number of halogens is 3. The second-order valence-corrected chi connectivity index (χ2v) is 6.28. The zero-order valence-electron chi connectivity index (χ0n) is 10.1. The Balaban J connectivity index is 2.22. The molecule has 0 saturated heterocycles. The van der Waals surface area contributed by atoms with Gasteiger partial charge in [-0.05, 0) is 63.4 Å². The van der Waals surface area contributed by atoms with E-state index in [-0.39, 0.29) is 18.0 Å². The van der Waals surface area contributed by atoms with Crippen LogP contribution < -0.4 is 4.74 Å². The lowest BCUT2D eigenvalue weighted by atomic mass is 10.2. The van der Waals surface area contributed by atoms with Crippen molar-refractivity contribution in [3.8, 4) is 5.75 Å². The maximum Gasteiger partial charge on any atom is 0.335 e. The lowest BCUT2D eigenvalue weighted by Gasteiger charge is -2.11. The van der Waals surface area contributed by atoms with E-state index in [4.69, 9.17) is 9.84 Å². The monoisotopic (exact) mass is 498 g/mol. The number of carboxylic acid groups (broad SMARTS) is 1. The molecule has 0 spiro atoms. The van der Waals surface area contributed by atoms with Crippen LogP contribution in [0, 0.1) is 13.0 Å². The van der Waals surface area contributed by atoms with Gasteiger partial charge in [-0.15, -0.1) is 0 Å². The molecule has 0 aliphatic rings. The third kappa shape index (κ3) is 3.60. The summed E-state index contributed by atoms with van der Waals surface area (Å²) in [4.78, 5) is 10.9. The molecule has 2 aromatic carbocycles. The average molecular weight is 498 g/mol. The molecule has 0 aliphatic heterocycles. The first kappa shape index (κ1) is 15.5. The van der Waals surface area contributed by atoms with Crippen molar-refractivity contribution in [2.24, 2.45) is 0 Å². The van der Waals surface area contributed by atoms with Crippen molar-refractivity contribution in [2.45, 2.75) is 6.61 Å². The predicted octanol–water partition coefficient (Wildman–Crippen LogP) is 4.31. The Kier molecular flexibility index (Phi) is 5.19. The highest BCUT2D eigenvalue weighted by atomic mass is 127. The standard InChI is InChI=1S/C14H9FI2O3/c15-10-4-2-1-3-8(10)7-20-13-11(16)5-9(14(18)19)6-12(13)17/h1-6H,7H2,(H,18,19). The normalized spacial score (nSPS) is 10.3. The van der Waals surface area contributed by atoms with Crippen molar-refractivity contribution in [1.29, 1.82) is 0 Å². The van der Waals surface area contributed by atoms with Gasteiger partial charge in [0.15, 0.2) is 0 Å². The molecule has 0 saturated carbocycles. The molecule has 0 bridgehead atoms. The first-order chi connectivity index (χ1) is 9.49. The molecule has 104 valence electrons. The second kappa shape index (κ2) is 6.70. The van der Waals surface area contributed by atoms with E-state index in [0.29, 0.717) is 18.5 Å². The van der Waals surface area contributed by atoms with E-state index in [1.807, 2.05) is 45.2 Å². The van der Waals surface area contributed by atoms with Crippen molar-refractivity contribution in [2.75, 3.05) is 0 Å². The van der Waals surface area contributed by atoms with Gasteiger partial charge in [0, 0.05) is 5.56 Å². The number of hydrogen-bond donors (Lipinski definition) is 1. The highest BCUT2D eigenvalue weighted by Crippen LogP contribution is 2.30. The van der Waals surface area contributed by atoms with Gasteiger partial charge in [0.05, 0.1) is 12.7 Å². The summed E-state index contributed by atoms with van der Waals surface area (Å²) < 4.78 is 20.5. The summed E-state index contributed by atoms with van der Waals surface area (Å²) in [5, 5.41) is 8.97. The van der Waals surface area contributed by atoms with Gasteiger partial charge in [-0.1, -0.05) is 18.2 Å². The number of carboxylic acids is 1. The van der Waals surface area contributed by atoms with Crippen LogP contribution in [-0.2, 0) is 6.61 Å². The van der Waals surface area contributed by atoms with Gasteiger partial charge in [0.2, 0.25) is 0 Å². The third-order valence-corrected chi connectivity index (χ3v) is 4.18. The summed E-state index contributed by atoms with van der Waals surface area (Å²) in [6, 6.07) is 9.45. The molecule has 1 N–H and O–H groups in total. The topological polar surface area (TPSA) is 46.5 Å². The number of rotatable bonds is 4. The van der Waals surface area contributed by atoms with Gasteiger partial charge >= 0.3 is 5.97 Å². The maximum atomic E-state index is 13.5. The van der Waals surface area contributed by atoms with E-state index in [1.54, 1.807) is 18.2 Å². The molecule has 0 heterocycles. The second-order valence-electron chi connectivity index (χ2n) is 3.95. The van der Waals surface area contributed by atoms with Gasteiger partial charge < -0.3 is 9.84 Å². The van der Waals surface area contributed by atoms with Crippen LogP contribution in [-0.4, -0.2) is 11.1 Å². The molecule has 0 unspecified atom stereocenters. The number of ether oxygens (including phenoxy) is 1. The van der Waals surface area contributed by atoms with Crippen molar-refractivity contribution in [3.63, 3.8) is 0 Å². The summed E-state index contributed by atoms with van der Waals surface area (Å²) in [7, 11) is 0. The molecule has 0 atom stereocenters. The summed E-state index contributed by atoms with van der Waals surface area (Å²) in [6.07, 6.45) is 0. The smallest absolute Gasteiger partial charge is 0.335 e. The van der Waals surface area contributed by atoms with E-state index >= 15 is 0 Å². The number of carbonyl (C=O) groups is 1. The van der Waals surface area contributed by atoms with Gasteiger partial charge in [-0.3, -0.25) is 0 Å². The fraction of sp³-hybridized carbons (Fsp3) is 0.0714. The summed E-state index contributed by atoms with van der Waals surface area (Å²) in [5.74, 6) is -0.736. The largest absolute Gasteiger partial charge is 0.487 e. The zero-order valence-corrected chi connectivity index (χ0v) is 14.4. The van der Waals surface area contributed by atoms with Crippen LogP contribution in [0.25, 0.3) is 0 Å². The Morgan fingerprint density at radius 1 is 1.20 bits per heavy atom. The molecule has 0 amide bonds. The van der Waals surface area contributed by atoms with E-state index in [9.17, 15) is 9.18 Å². The Bertz CT molecular complexity index is 636. The summed E-state index contributed by atoms with van der Waals surface area (Å²) in [5.41, 5.74) is 0.665. The maximum absolute atomic E-state index is 13.5. The Morgan fingerprint density at radius 3 is 2.35 bits per heavy atom. The highest BCUT2D eigenvalue weighted by Gasteiger charge is 2.13. The first-order valence-corrected chi connectivity index (χ1v) is 7.73. The predicted molar refractivity (Wildman–Crippen MR) is 89.6 cm³/mol. The first-order valence-electron chi connectivity index (χ1n) is 5.57. The lowest BCUT2D eigenvalue weighted by molar-refractivity contribution is 0.0696. The summed E-state index contributed by atoms with van der Waals surface area (Å²) in [6.45, 7) is 0.102. The number of aromatic carboxylic acids is 1. The molecule has 0 aliphatic carbocycles. The van der Waals surface area contributed by atoms with Crippen LogP contribution in [0.2, 0.25) is 0 Å². The molecule has 0 fully saturated rings. The van der Waals surface area contributed by atoms with Crippen molar-refractivity contribution >= 4 is 51.2 Å². The van der Waals surface area contributed by atoms with Crippen LogP contribution in [0.5, 0.6) is 5.75 Å². The SMILES string of the molecule is O=C(O)c1cc(I)c(OCc2ccccc2F)c(I)c1. The fourth-order valence-electron chi connectivity index (χ4n) is 1.59. The molecular formula is C14H9FI2O3. The molecule has 20 heavy (non-hydrogen) atoms. The van der Waals surface area contributed by atoms with E-state index in [0.717, 1.165) is 0 Å². The Morgan fingerprint density at radius 2 is 1.80 bits per heavy atom. The molecule has 0 aromatic heterocycles. The van der Waals surface area contributed by atoms with Crippen molar-refractivity contribution in [3.05, 3.63) is 60.5 Å². The van der Waals surface area contributed by atoms with Crippen LogP contribution in [0.4, 0.5) is 4.39 Å². The van der Waals surface area contributed by atoms with E-state index in [2.05, 4.69) is 0 Å². The Hall–Kier alpha value is -0.900. The van der Waals surface area contributed by atoms with Crippen LogP contribution in [0.15, 0.2) is 36.4 Å². The quantitative estimate of drug-likeness (QED) is 0.640. The van der Waals surface area contributed by atoms with Gasteiger partial charge in [0.25, 0.3) is 0 Å². The van der Waals surface area contributed by atoms with E-state index < -0.39 is 5.97 Å². The van der Waals surface area contributed by atoms with Crippen LogP contribution >= 0.6 is 45.2 Å². The van der Waals surface area contributed by atoms with Gasteiger partial charge in [-0.25, -0.2) is 9.18 Å². The van der Waals surface area contributed by atoms with Crippen LogP contribution in [0.1, 0.15) is 15.9 Å². The van der Waals surface area contributed by atoms with Crippen LogP contribution in [0.3, 0.4) is 0 Å². The highest BCUT2D eigenvalue weighted by molar-refractivity contribution is 14.1. The minimum Gasteiger partial charge on any atom is -0.487 e. The van der Waals surface area contributed by atoms with Crippen molar-refractivity contribution in [1.82, 2.24) is 0 Å². The summed E-state index contributed by atoms with van der Waals surface area (Å²) >= 11 is 4.02. The third-order valence-electron chi connectivity index (χ3n) is 2.58. The van der Waals surface area contributed by atoms with Gasteiger partial charge in [-0.2, -0.15) is 0 Å².